The van der Waals surface area contributed by atoms with Crippen LogP contribution in [0, 0.1) is 6.92 Å². The zero-order chi connectivity index (χ0) is 22.4. The number of nitrogens with zero attached hydrogens (tertiary/aromatic N) is 1. The smallest absolute Gasteiger partial charge is 0.342 e. The Balaban J connectivity index is 1.80. The highest BCUT2D eigenvalue weighted by Crippen LogP contribution is 2.36. The molecule has 1 aromatic carbocycles. The molecule has 31 heavy (non-hydrogen) atoms. The number of thiophene rings is 1. The summed E-state index contributed by atoms with van der Waals surface area (Å²) in [5.74, 6) is -0.870. The van der Waals surface area contributed by atoms with Crippen molar-refractivity contribution in [2.75, 3.05) is 17.2 Å². The molecule has 0 aliphatic carbocycles. The van der Waals surface area contributed by atoms with Crippen molar-refractivity contribution >= 4 is 39.9 Å². The number of carbonyl (C=O) groups is 3. The number of anilines is 2. The zero-order valence-corrected chi connectivity index (χ0v) is 18.0. The van der Waals surface area contributed by atoms with Gasteiger partial charge in [-0.25, -0.2) is 4.79 Å². The third-order valence-electron chi connectivity index (χ3n) is 3.97. The number of rotatable bonds is 7. The minimum absolute atomic E-state index is 0.191. The number of benzene rings is 1. The lowest BCUT2D eigenvalue weighted by Gasteiger charge is -2.09. The summed E-state index contributed by atoms with van der Waals surface area (Å²) in [5.41, 5.74) is 2.41. The van der Waals surface area contributed by atoms with Crippen molar-refractivity contribution in [3.63, 3.8) is 0 Å². The van der Waals surface area contributed by atoms with E-state index in [1.807, 2.05) is 30.3 Å². The van der Waals surface area contributed by atoms with Gasteiger partial charge in [0, 0.05) is 23.1 Å². The van der Waals surface area contributed by atoms with Crippen LogP contribution < -0.4 is 10.6 Å². The molecule has 0 spiro atoms. The molecule has 0 fully saturated rings. The van der Waals surface area contributed by atoms with Gasteiger partial charge in [0.15, 0.2) is 12.4 Å². The van der Waals surface area contributed by atoms with Gasteiger partial charge in [0.2, 0.25) is 5.91 Å². The first-order valence-electron chi connectivity index (χ1n) is 9.36. The molecule has 3 rings (SSSR count). The van der Waals surface area contributed by atoms with Gasteiger partial charge in [-0.15, -0.1) is 11.3 Å². The largest absolute Gasteiger partial charge is 0.452 e. The molecule has 160 valence electrons. The summed E-state index contributed by atoms with van der Waals surface area (Å²) >= 11 is 1.21. The van der Waals surface area contributed by atoms with Crippen molar-refractivity contribution in [3.05, 3.63) is 64.8 Å². The quantitative estimate of drug-likeness (QED) is 0.417. The molecule has 8 nitrogen and oxygen atoms in total. The second-order valence-corrected chi connectivity index (χ2v) is 7.76. The first-order valence-corrected chi connectivity index (χ1v) is 10.2. The highest BCUT2D eigenvalue weighted by molar-refractivity contribution is 7.15. The lowest BCUT2D eigenvalue weighted by Crippen LogP contribution is -2.21. The van der Waals surface area contributed by atoms with Crippen LogP contribution >= 0.6 is 11.3 Å². The molecule has 0 atom stereocenters. The van der Waals surface area contributed by atoms with Crippen LogP contribution in [0.3, 0.4) is 0 Å². The van der Waals surface area contributed by atoms with Crippen molar-refractivity contribution in [3.8, 4) is 11.1 Å². The van der Waals surface area contributed by atoms with Gasteiger partial charge in [0.05, 0.1) is 0 Å². The van der Waals surface area contributed by atoms with E-state index in [2.05, 4.69) is 15.8 Å². The van der Waals surface area contributed by atoms with Crippen molar-refractivity contribution in [1.29, 1.82) is 0 Å². The maximum absolute atomic E-state index is 12.9. The molecule has 0 unspecified atom stereocenters. The highest BCUT2D eigenvalue weighted by atomic mass is 32.1. The van der Waals surface area contributed by atoms with Crippen LogP contribution in [0.1, 0.15) is 30.0 Å². The average molecular weight is 439 g/mol. The van der Waals surface area contributed by atoms with Crippen molar-refractivity contribution in [2.45, 2.75) is 20.8 Å². The Bertz CT molecular complexity index is 1130. The minimum Gasteiger partial charge on any atom is -0.452 e. The molecular weight excluding hydrogens is 418 g/mol. The monoisotopic (exact) mass is 439 g/mol. The maximum atomic E-state index is 12.9. The third kappa shape index (κ3) is 5.89. The summed E-state index contributed by atoms with van der Waals surface area (Å²) in [6.45, 7) is 4.77. The Kier molecular flexibility index (Phi) is 6.99. The normalized spacial score (nSPS) is 10.3. The van der Waals surface area contributed by atoms with Crippen LogP contribution in [0.2, 0.25) is 0 Å². The number of ether oxygens (including phenoxy) is 1. The molecule has 0 bridgehead atoms. The Hall–Kier alpha value is -3.72. The summed E-state index contributed by atoms with van der Waals surface area (Å²) in [5, 5.41) is 11.0. The number of amides is 2. The first kappa shape index (κ1) is 22.0. The predicted octanol–water partition coefficient (Wildman–Crippen LogP) is 4.41. The summed E-state index contributed by atoms with van der Waals surface area (Å²) in [7, 11) is 0. The average Bonchev–Trinajstić information content (AvgIpc) is 3.32. The van der Waals surface area contributed by atoms with Gasteiger partial charge < -0.3 is 19.9 Å². The molecule has 0 saturated heterocycles. The maximum Gasteiger partial charge on any atom is 0.342 e. The molecule has 9 heteroatoms. The van der Waals surface area contributed by atoms with Gasteiger partial charge in [0.25, 0.3) is 5.91 Å². The van der Waals surface area contributed by atoms with E-state index in [1.165, 1.54) is 17.4 Å². The fourth-order valence-electron chi connectivity index (χ4n) is 2.70. The van der Waals surface area contributed by atoms with Gasteiger partial charge >= 0.3 is 5.97 Å². The van der Waals surface area contributed by atoms with E-state index in [0.29, 0.717) is 16.3 Å². The van der Waals surface area contributed by atoms with E-state index in [1.54, 1.807) is 32.2 Å². The Morgan fingerprint density at radius 3 is 2.55 bits per heavy atom. The second-order valence-electron chi connectivity index (χ2n) is 6.88. The van der Waals surface area contributed by atoms with Gasteiger partial charge in [-0.2, -0.15) is 0 Å². The fraction of sp³-hybridized carbons (Fsp3) is 0.182. The van der Waals surface area contributed by atoms with E-state index >= 15 is 0 Å². The number of hydrogen-bond donors (Lipinski definition) is 2. The molecule has 2 heterocycles. The molecule has 2 amide bonds. The summed E-state index contributed by atoms with van der Waals surface area (Å²) in [6.07, 6.45) is 1.43. The van der Waals surface area contributed by atoms with Crippen molar-refractivity contribution in [1.82, 2.24) is 5.16 Å². The number of esters is 1. The molecular formula is C22H21N3O5S. The molecule has 0 radical (unpaired) electrons. The van der Waals surface area contributed by atoms with Crippen LogP contribution in [0.15, 0.2) is 58.0 Å². The SMILES string of the molecule is CC(C)=CC(=O)Nc1scc(-c2ccccc2)c1C(=O)OCC(=O)Nc1cc(C)on1. The summed E-state index contributed by atoms with van der Waals surface area (Å²) < 4.78 is 10.1. The van der Waals surface area contributed by atoms with E-state index in [4.69, 9.17) is 9.26 Å². The van der Waals surface area contributed by atoms with Crippen LogP contribution in [0.5, 0.6) is 0 Å². The highest BCUT2D eigenvalue weighted by Gasteiger charge is 2.23. The number of nitrogens with one attached hydrogen (secondary N) is 2. The van der Waals surface area contributed by atoms with Gasteiger partial charge in [-0.05, 0) is 26.3 Å². The fourth-order valence-corrected chi connectivity index (χ4v) is 3.66. The van der Waals surface area contributed by atoms with Gasteiger partial charge in [0.1, 0.15) is 16.3 Å². The number of aromatic nitrogens is 1. The van der Waals surface area contributed by atoms with Crippen LogP contribution in [0.4, 0.5) is 10.8 Å². The molecule has 2 N–H and O–H groups in total. The van der Waals surface area contributed by atoms with E-state index in [0.717, 1.165) is 11.1 Å². The van der Waals surface area contributed by atoms with Crippen LogP contribution in [0.25, 0.3) is 11.1 Å². The Labute approximate surface area is 182 Å². The molecule has 3 aromatic rings. The second kappa shape index (κ2) is 9.86. The van der Waals surface area contributed by atoms with Gasteiger partial charge in [-0.1, -0.05) is 41.1 Å². The van der Waals surface area contributed by atoms with Gasteiger partial charge in [-0.3, -0.25) is 9.59 Å². The third-order valence-corrected chi connectivity index (χ3v) is 4.86. The Morgan fingerprint density at radius 1 is 1.16 bits per heavy atom. The number of hydrogen-bond acceptors (Lipinski definition) is 7. The lowest BCUT2D eigenvalue weighted by atomic mass is 10.0. The zero-order valence-electron chi connectivity index (χ0n) is 17.2. The number of aryl methyl sites for hydroxylation is 1. The summed E-state index contributed by atoms with van der Waals surface area (Å²) in [4.78, 5) is 37.2. The molecule has 0 saturated carbocycles. The van der Waals surface area contributed by atoms with E-state index < -0.39 is 18.5 Å². The van der Waals surface area contributed by atoms with E-state index in [-0.39, 0.29) is 17.3 Å². The molecule has 0 aliphatic rings. The van der Waals surface area contributed by atoms with Crippen LogP contribution in [-0.4, -0.2) is 29.5 Å². The topological polar surface area (TPSA) is 111 Å². The molecule has 0 aliphatic heterocycles. The first-order chi connectivity index (χ1) is 14.8. The molecule has 2 aromatic heterocycles. The Morgan fingerprint density at radius 2 is 1.90 bits per heavy atom. The van der Waals surface area contributed by atoms with Crippen molar-refractivity contribution in [2.24, 2.45) is 0 Å². The summed E-state index contributed by atoms with van der Waals surface area (Å²) in [6, 6.07) is 10.8. The number of carbonyl (C=O) groups excluding carboxylic acids is 3. The van der Waals surface area contributed by atoms with Crippen LogP contribution in [-0.2, 0) is 14.3 Å². The lowest BCUT2D eigenvalue weighted by molar-refractivity contribution is -0.119. The predicted molar refractivity (Wildman–Crippen MR) is 118 cm³/mol. The standard InChI is InChI=1S/C22H21N3O5S/c1-13(2)9-18(26)24-21-20(16(12-31-21)15-7-5-4-6-8-15)22(28)29-11-19(27)23-17-10-14(3)30-25-17/h4-10,12H,11H2,1-3H3,(H,24,26)(H,23,25,27). The van der Waals surface area contributed by atoms with Crippen molar-refractivity contribution < 1.29 is 23.6 Å². The minimum atomic E-state index is -0.723. The number of allylic oxidation sites excluding steroid dienone is 1. The van der Waals surface area contributed by atoms with E-state index in [9.17, 15) is 14.4 Å².